The Hall–Kier alpha value is -0.990. The fourth-order valence-electron chi connectivity index (χ4n) is 6.40. The number of esters is 1. The fraction of sp³-hybridized carbons (Fsp3) is 0.914. The van der Waals surface area contributed by atoms with E-state index in [-0.39, 0.29) is 24.3 Å². The first-order valence-electron chi connectivity index (χ1n) is 17.6. The van der Waals surface area contributed by atoms with Gasteiger partial charge in [-0.2, -0.15) is 0 Å². The van der Waals surface area contributed by atoms with Crippen molar-refractivity contribution in [3.8, 4) is 0 Å². The van der Waals surface area contributed by atoms with Crippen LogP contribution in [0.2, 0.25) is 0 Å². The lowest BCUT2D eigenvalue weighted by molar-refractivity contribution is -0.139. The predicted octanol–water partition coefficient (Wildman–Crippen LogP) is 7.06. The quantitative estimate of drug-likeness (QED) is 0.0624. The second-order valence-electron chi connectivity index (χ2n) is 13.1. The van der Waals surface area contributed by atoms with Crippen molar-refractivity contribution in [3.05, 3.63) is 11.6 Å². The van der Waals surface area contributed by atoms with Crippen LogP contribution in [0.5, 0.6) is 0 Å². The lowest BCUT2D eigenvalue weighted by Crippen LogP contribution is -2.31. The second kappa shape index (κ2) is 22.5. The highest BCUT2D eigenvalue weighted by molar-refractivity contribution is 5.90. The highest BCUT2D eigenvalue weighted by Crippen LogP contribution is 2.28. The molecule has 0 saturated carbocycles. The van der Waals surface area contributed by atoms with Gasteiger partial charge in [-0.15, -0.1) is 0 Å². The number of hydrogen-bond acceptors (Lipinski definition) is 7. The van der Waals surface area contributed by atoms with Gasteiger partial charge in [0.1, 0.15) is 6.10 Å². The van der Waals surface area contributed by atoms with E-state index in [9.17, 15) is 25.2 Å². The first kappa shape index (κ1) is 37.2. The topological polar surface area (TPSA) is 116 Å². The smallest absolute Gasteiger partial charge is 0.334 e. The van der Waals surface area contributed by atoms with Crippen LogP contribution >= 0.6 is 0 Å². The molecule has 2 heterocycles. The SMILES string of the molecule is CCCCCC[C@@H](O)[C@H](O)CC[C@H](O)[C@H]1CCC(CCCCCCCCCCCCC[C@@H](O)CC2=C[C@H](C)OC2=O)O1. The number of cyclic esters (lactones) is 1. The van der Waals surface area contributed by atoms with Crippen LogP contribution in [0, 0.1) is 0 Å². The Kier molecular flexibility index (Phi) is 19.9. The standard InChI is InChI=1S/C35H64O7/c1-3-4-5-17-20-31(37)32(38)22-23-33(39)34-24-21-30(42-34)19-16-14-12-10-8-6-7-9-11-13-15-18-29(36)26-28-25-27(2)41-35(28)40/h25,27,29-34,36-39H,3-24,26H2,1-2H3/t27-,29+,30?,31+,32+,33-,34+/m0/s1. The molecule has 0 aromatic carbocycles. The van der Waals surface area contributed by atoms with Crippen molar-refractivity contribution in [2.75, 3.05) is 0 Å². The molecule has 0 bridgehead atoms. The van der Waals surface area contributed by atoms with Crippen molar-refractivity contribution in [1.29, 1.82) is 0 Å². The van der Waals surface area contributed by atoms with Gasteiger partial charge >= 0.3 is 5.97 Å². The molecule has 0 aliphatic carbocycles. The lowest BCUT2D eigenvalue weighted by Gasteiger charge is -2.22. The largest absolute Gasteiger partial charge is 0.455 e. The fourth-order valence-corrected chi connectivity index (χ4v) is 6.40. The molecule has 0 aromatic heterocycles. The van der Waals surface area contributed by atoms with Crippen LogP contribution in [-0.2, 0) is 14.3 Å². The molecule has 7 atom stereocenters. The Morgan fingerprint density at radius 1 is 0.738 bits per heavy atom. The zero-order valence-corrected chi connectivity index (χ0v) is 26.9. The van der Waals surface area contributed by atoms with E-state index >= 15 is 0 Å². The summed E-state index contributed by atoms with van der Waals surface area (Å²) in [4.78, 5) is 11.6. The Morgan fingerprint density at radius 2 is 1.31 bits per heavy atom. The number of ether oxygens (including phenoxy) is 2. The lowest BCUT2D eigenvalue weighted by atomic mass is 9.98. The van der Waals surface area contributed by atoms with Crippen LogP contribution in [0.3, 0.4) is 0 Å². The zero-order chi connectivity index (χ0) is 30.6. The van der Waals surface area contributed by atoms with E-state index in [0.717, 1.165) is 57.8 Å². The number of aliphatic hydroxyl groups excluding tert-OH is 4. The van der Waals surface area contributed by atoms with Crippen molar-refractivity contribution in [3.63, 3.8) is 0 Å². The molecule has 0 amide bonds. The number of aliphatic hydroxyl groups is 4. The molecular formula is C35H64O7. The molecule has 1 saturated heterocycles. The van der Waals surface area contributed by atoms with Gasteiger partial charge in [-0.1, -0.05) is 103 Å². The maximum absolute atomic E-state index is 11.6. The van der Waals surface area contributed by atoms with Crippen LogP contribution in [0.4, 0.5) is 0 Å². The van der Waals surface area contributed by atoms with Gasteiger partial charge in [-0.05, 0) is 57.9 Å². The Morgan fingerprint density at radius 3 is 1.93 bits per heavy atom. The van der Waals surface area contributed by atoms with E-state index in [4.69, 9.17) is 9.47 Å². The molecule has 0 spiro atoms. The Labute approximate surface area is 256 Å². The van der Waals surface area contributed by atoms with E-state index in [0.29, 0.717) is 31.3 Å². The Bertz CT molecular complexity index is 726. The van der Waals surface area contributed by atoms with E-state index in [1.807, 2.05) is 13.0 Å². The molecule has 7 nitrogen and oxygen atoms in total. The summed E-state index contributed by atoms with van der Waals surface area (Å²) in [5, 5.41) is 41.1. The average molecular weight is 597 g/mol. The number of carbonyl (C=O) groups is 1. The summed E-state index contributed by atoms with van der Waals surface area (Å²) in [6.07, 6.45) is 22.8. The van der Waals surface area contributed by atoms with E-state index in [1.165, 1.54) is 64.2 Å². The summed E-state index contributed by atoms with van der Waals surface area (Å²) in [5.41, 5.74) is 0.625. The molecule has 2 aliphatic rings. The summed E-state index contributed by atoms with van der Waals surface area (Å²) in [5.74, 6) is -0.274. The third-order valence-corrected chi connectivity index (χ3v) is 9.14. The van der Waals surface area contributed by atoms with Crippen LogP contribution < -0.4 is 0 Å². The minimum Gasteiger partial charge on any atom is -0.455 e. The molecule has 246 valence electrons. The molecule has 1 fully saturated rings. The number of carbonyl (C=O) groups excluding carboxylic acids is 1. The number of rotatable bonds is 26. The Balaban J connectivity index is 1.35. The third kappa shape index (κ3) is 16.2. The molecule has 42 heavy (non-hydrogen) atoms. The van der Waals surface area contributed by atoms with Crippen molar-refractivity contribution < 1.29 is 34.7 Å². The highest BCUT2D eigenvalue weighted by atomic mass is 16.5. The van der Waals surface area contributed by atoms with E-state index in [2.05, 4.69) is 6.92 Å². The summed E-state index contributed by atoms with van der Waals surface area (Å²) in [6, 6.07) is 0. The normalized spacial score (nSPS) is 23.5. The predicted molar refractivity (Wildman–Crippen MR) is 168 cm³/mol. The molecule has 4 N–H and O–H groups in total. The molecule has 0 aromatic rings. The summed E-state index contributed by atoms with van der Waals surface area (Å²) >= 11 is 0. The molecule has 1 unspecified atom stereocenters. The van der Waals surface area contributed by atoms with E-state index in [1.54, 1.807) is 0 Å². The summed E-state index contributed by atoms with van der Waals surface area (Å²) in [7, 11) is 0. The summed E-state index contributed by atoms with van der Waals surface area (Å²) < 4.78 is 11.2. The van der Waals surface area contributed by atoms with Crippen molar-refractivity contribution >= 4 is 5.97 Å². The molecule has 2 rings (SSSR count). The summed E-state index contributed by atoms with van der Waals surface area (Å²) in [6.45, 7) is 4.00. The van der Waals surface area contributed by atoms with Gasteiger partial charge in [-0.25, -0.2) is 4.79 Å². The number of unbranched alkanes of at least 4 members (excludes halogenated alkanes) is 13. The molecule has 2 aliphatic heterocycles. The first-order chi connectivity index (χ1) is 20.3. The van der Waals surface area contributed by atoms with Crippen molar-refractivity contribution in [2.24, 2.45) is 0 Å². The van der Waals surface area contributed by atoms with Crippen LogP contribution in [0.1, 0.15) is 162 Å². The highest BCUT2D eigenvalue weighted by Gasteiger charge is 2.31. The average Bonchev–Trinajstić information content (AvgIpc) is 3.57. The number of hydrogen-bond donors (Lipinski definition) is 4. The molecule has 7 heteroatoms. The second-order valence-corrected chi connectivity index (χ2v) is 13.1. The van der Waals surface area contributed by atoms with Crippen molar-refractivity contribution in [1.82, 2.24) is 0 Å². The van der Waals surface area contributed by atoms with Gasteiger partial charge in [0.2, 0.25) is 0 Å². The monoisotopic (exact) mass is 596 g/mol. The van der Waals surface area contributed by atoms with Gasteiger partial charge in [-0.3, -0.25) is 0 Å². The van der Waals surface area contributed by atoms with Gasteiger partial charge < -0.3 is 29.9 Å². The maximum atomic E-state index is 11.6. The third-order valence-electron chi connectivity index (χ3n) is 9.14. The minimum atomic E-state index is -0.761. The maximum Gasteiger partial charge on any atom is 0.334 e. The van der Waals surface area contributed by atoms with Crippen LogP contribution in [-0.4, -0.2) is 69.1 Å². The minimum absolute atomic E-state index is 0.131. The van der Waals surface area contributed by atoms with E-state index < -0.39 is 24.4 Å². The van der Waals surface area contributed by atoms with Crippen LogP contribution in [0.15, 0.2) is 11.6 Å². The van der Waals surface area contributed by atoms with Crippen molar-refractivity contribution in [2.45, 2.75) is 204 Å². The van der Waals surface area contributed by atoms with Gasteiger partial charge in [0.25, 0.3) is 0 Å². The first-order valence-corrected chi connectivity index (χ1v) is 17.6. The zero-order valence-electron chi connectivity index (χ0n) is 26.9. The molecular weight excluding hydrogens is 532 g/mol. The van der Waals surface area contributed by atoms with Crippen LogP contribution in [0.25, 0.3) is 0 Å². The van der Waals surface area contributed by atoms with Gasteiger partial charge in [0, 0.05) is 12.0 Å². The van der Waals surface area contributed by atoms with Gasteiger partial charge in [0.15, 0.2) is 0 Å². The molecule has 0 radical (unpaired) electrons. The van der Waals surface area contributed by atoms with Gasteiger partial charge in [0.05, 0.1) is 36.6 Å².